The van der Waals surface area contributed by atoms with E-state index in [4.69, 9.17) is 9.40 Å². The van der Waals surface area contributed by atoms with Crippen LogP contribution in [0.25, 0.3) is 27.6 Å². The molecule has 5 rings (SSSR count). The normalized spacial score (nSPS) is 11.4. The Morgan fingerprint density at radius 1 is 0.970 bits per heavy atom. The summed E-state index contributed by atoms with van der Waals surface area (Å²) in [7, 11) is 0. The molecule has 0 atom stereocenters. The minimum Gasteiger partial charge on any atom is -0.422 e. The van der Waals surface area contributed by atoms with Crippen molar-refractivity contribution >= 4 is 33.6 Å². The van der Waals surface area contributed by atoms with Crippen LogP contribution in [-0.4, -0.2) is 9.55 Å². The molecule has 5 nitrogen and oxygen atoms in total. The Hall–Kier alpha value is -3.71. The molecular formula is C26H19FN2O3S. The Balaban J connectivity index is 1.65. The zero-order valence-electron chi connectivity index (χ0n) is 18.0. The van der Waals surface area contributed by atoms with Gasteiger partial charge in [0.25, 0.3) is 5.56 Å². The molecule has 0 aliphatic heterocycles. The van der Waals surface area contributed by atoms with Crippen LogP contribution in [0.5, 0.6) is 0 Å². The Labute approximate surface area is 192 Å². The lowest BCUT2D eigenvalue weighted by molar-refractivity contribution is 0.557. The monoisotopic (exact) mass is 458 g/mol. The second kappa shape index (κ2) is 8.33. The minimum absolute atomic E-state index is 0.237. The number of aromatic nitrogens is 2. The summed E-state index contributed by atoms with van der Waals surface area (Å²) in [6.45, 7) is 3.89. The van der Waals surface area contributed by atoms with E-state index >= 15 is 0 Å². The number of halogens is 1. The van der Waals surface area contributed by atoms with Gasteiger partial charge < -0.3 is 4.42 Å². The van der Waals surface area contributed by atoms with E-state index in [0.717, 1.165) is 22.1 Å². The highest BCUT2D eigenvalue weighted by molar-refractivity contribution is 7.98. The number of fused-ring (bicyclic) bond motifs is 2. The maximum atomic E-state index is 13.5. The van der Waals surface area contributed by atoms with Gasteiger partial charge in [-0.3, -0.25) is 9.36 Å². The van der Waals surface area contributed by atoms with E-state index in [-0.39, 0.29) is 11.4 Å². The molecule has 0 saturated carbocycles. The first-order chi connectivity index (χ1) is 15.9. The van der Waals surface area contributed by atoms with Gasteiger partial charge in [0.1, 0.15) is 11.4 Å². The Bertz CT molecular complexity index is 1640. The van der Waals surface area contributed by atoms with E-state index in [1.54, 1.807) is 30.3 Å². The maximum absolute atomic E-state index is 13.5. The molecule has 0 bridgehead atoms. The number of hydrogen-bond acceptors (Lipinski definition) is 5. The fraction of sp³-hybridized carbons (Fsp3) is 0.115. The van der Waals surface area contributed by atoms with Crippen molar-refractivity contribution in [2.45, 2.75) is 24.8 Å². The van der Waals surface area contributed by atoms with E-state index in [2.05, 4.69) is 0 Å². The van der Waals surface area contributed by atoms with E-state index in [0.29, 0.717) is 33.1 Å². The lowest BCUT2D eigenvalue weighted by atomic mass is 10.0. The van der Waals surface area contributed by atoms with Gasteiger partial charge in [-0.15, -0.1) is 0 Å². The predicted molar refractivity (Wildman–Crippen MR) is 129 cm³/mol. The summed E-state index contributed by atoms with van der Waals surface area (Å²) in [6, 6.07) is 18.3. The highest BCUT2D eigenvalue weighted by atomic mass is 32.2. The first-order valence-corrected chi connectivity index (χ1v) is 11.3. The molecule has 7 heteroatoms. The fourth-order valence-electron chi connectivity index (χ4n) is 3.81. The molecule has 2 aromatic heterocycles. The van der Waals surface area contributed by atoms with Crippen molar-refractivity contribution in [3.8, 4) is 5.69 Å². The predicted octanol–water partition coefficient (Wildman–Crippen LogP) is 5.54. The second-order valence-electron chi connectivity index (χ2n) is 7.79. The molecule has 164 valence electrons. The number of benzene rings is 3. The van der Waals surface area contributed by atoms with Crippen LogP contribution in [0.2, 0.25) is 0 Å². The van der Waals surface area contributed by atoms with Crippen molar-refractivity contribution < 1.29 is 8.81 Å². The van der Waals surface area contributed by atoms with Gasteiger partial charge in [0.15, 0.2) is 5.16 Å². The Morgan fingerprint density at radius 2 is 1.73 bits per heavy atom. The Morgan fingerprint density at radius 3 is 2.52 bits per heavy atom. The van der Waals surface area contributed by atoms with Crippen LogP contribution in [0.3, 0.4) is 0 Å². The third-order valence-electron chi connectivity index (χ3n) is 5.70. The summed E-state index contributed by atoms with van der Waals surface area (Å²) < 4.78 is 20.5. The average Bonchev–Trinajstić information content (AvgIpc) is 2.81. The molecule has 5 aromatic rings. The van der Waals surface area contributed by atoms with Crippen LogP contribution >= 0.6 is 11.8 Å². The first kappa shape index (κ1) is 21.2. The summed E-state index contributed by atoms with van der Waals surface area (Å²) in [5.74, 6) is 0.0132. The molecule has 0 N–H and O–H groups in total. The van der Waals surface area contributed by atoms with Gasteiger partial charge in [0.2, 0.25) is 0 Å². The van der Waals surface area contributed by atoms with E-state index < -0.39 is 5.63 Å². The molecule has 2 heterocycles. The quantitative estimate of drug-likeness (QED) is 0.201. The lowest BCUT2D eigenvalue weighted by Gasteiger charge is -2.14. The number of thioether (sulfide) groups is 1. The van der Waals surface area contributed by atoms with Crippen molar-refractivity contribution in [3.05, 3.63) is 110 Å². The van der Waals surface area contributed by atoms with Crippen molar-refractivity contribution in [1.29, 1.82) is 0 Å². The maximum Gasteiger partial charge on any atom is 0.336 e. The average molecular weight is 459 g/mol. The van der Waals surface area contributed by atoms with E-state index in [1.807, 2.05) is 32.0 Å². The number of para-hydroxylation sites is 1. The molecule has 0 fully saturated rings. The summed E-state index contributed by atoms with van der Waals surface area (Å²) in [5, 5.41) is 1.78. The highest BCUT2D eigenvalue weighted by Crippen LogP contribution is 2.29. The summed E-state index contributed by atoms with van der Waals surface area (Å²) >= 11 is 1.34. The van der Waals surface area contributed by atoms with Crippen molar-refractivity contribution in [1.82, 2.24) is 9.55 Å². The number of rotatable bonds is 4. The molecule has 0 unspecified atom stereocenters. The summed E-state index contributed by atoms with van der Waals surface area (Å²) in [4.78, 5) is 30.3. The van der Waals surface area contributed by atoms with Crippen LogP contribution in [0.1, 0.15) is 16.7 Å². The first-order valence-electron chi connectivity index (χ1n) is 10.4. The molecule has 0 saturated heterocycles. The second-order valence-corrected chi connectivity index (χ2v) is 8.73. The SMILES string of the molecule is Cc1ccc2c(CSc3nc4ccccc4c(=O)n3-c3ccc(F)cc3)cc(=O)oc2c1C. The Kier molecular flexibility index (Phi) is 5.34. The van der Waals surface area contributed by atoms with Crippen LogP contribution in [-0.2, 0) is 5.75 Å². The van der Waals surface area contributed by atoms with Crippen LogP contribution in [0.15, 0.2) is 85.9 Å². The van der Waals surface area contributed by atoms with Gasteiger partial charge >= 0.3 is 5.63 Å². The summed E-state index contributed by atoms with van der Waals surface area (Å²) in [6.07, 6.45) is 0. The van der Waals surface area contributed by atoms with E-state index in [9.17, 15) is 14.0 Å². The summed E-state index contributed by atoms with van der Waals surface area (Å²) in [5.41, 5.74) is 3.76. The molecular weight excluding hydrogens is 439 g/mol. The lowest BCUT2D eigenvalue weighted by Crippen LogP contribution is -2.21. The third-order valence-corrected chi connectivity index (χ3v) is 6.69. The van der Waals surface area contributed by atoms with Crippen LogP contribution in [0, 0.1) is 19.7 Å². The van der Waals surface area contributed by atoms with Crippen molar-refractivity contribution in [2.75, 3.05) is 0 Å². The molecule has 0 aliphatic carbocycles. The highest BCUT2D eigenvalue weighted by Gasteiger charge is 2.15. The fourth-order valence-corrected chi connectivity index (χ4v) is 4.82. The number of aryl methyl sites for hydroxylation is 2. The van der Waals surface area contributed by atoms with E-state index in [1.165, 1.54) is 34.5 Å². The van der Waals surface area contributed by atoms with Crippen LogP contribution < -0.4 is 11.2 Å². The standard InChI is InChI=1S/C26H19FN2O3S/c1-15-7-12-20-17(13-23(30)32-24(20)16(15)2)14-33-26-28-22-6-4-3-5-21(22)25(31)29(26)19-10-8-18(27)9-11-19/h3-13H,14H2,1-2H3. The topological polar surface area (TPSA) is 65.1 Å². The number of hydrogen-bond donors (Lipinski definition) is 0. The number of nitrogens with zero attached hydrogens (tertiary/aromatic N) is 2. The van der Waals surface area contributed by atoms with Gasteiger partial charge in [0, 0.05) is 17.2 Å². The largest absolute Gasteiger partial charge is 0.422 e. The minimum atomic E-state index is -0.422. The molecule has 33 heavy (non-hydrogen) atoms. The zero-order valence-corrected chi connectivity index (χ0v) is 18.8. The zero-order chi connectivity index (χ0) is 23.1. The molecule has 3 aromatic carbocycles. The molecule has 0 aliphatic rings. The third kappa shape index (κ3) is 3.85. The molecule has 0 amide bonds. The van der Waals surface area contributed by atoms with Crippen LogP contribution in [0.4, 0.5) is 4.39 Å². The van der Waals surface area contributed by atoms with Crippen molar-refractivity contribution in [2.24, 2.45) is 0 Å². The molecule has 0 radical (unpaired) electrons. The van der Waals surface area contributed by atoms with Gasteiger partial charge in [-0.25, -0.2) is 14.2 Å². The molecule has 0 spiro atoms. The van der Waals surface area contributed by atoms with Gasteiger partial charge in [0.05, 0.1) is 16.6 Å². The van der Waals surface area contributed by atoms with Gasteiger partial charge in [-0.2, -0.15) is 0 Å². The van der Waals surface area contributed by atoms with Gasteiger partial charge in [-0.05, 0) is 66.9 Å². The van der Waals surface area contributed by atoms with Gasteiger partial charge in [-0.1, -0.05) is 36.0 Å². The van der Waals surface area contributed by atoms with Crippen molar-refractivity contribution in [3.63, 3.8) is 0 Å². The smallest absolute Gasteiger partial charge is 0.336 e.